The lowest BCUT2D eigenvalue weighted by Gasteiger charge is -2.16. The first kappa shape index (κ1) is 34.5. The van der Waals surface area contributed by atoms with Gasteiger partial charge in [0.2, 0.25) is 5.95 Å². The molecule has 0 atom stereocenters. The summed E-state index contributed by atoms with van der Waals surface area (Å²) in [6.07, 6.45) is 0. The summed E-state index contributed by atoms with van der Waals surface area (Å²) in [5.41, 5.74) is 13.5. The van der Waals surface area contributed by atoms with Crippen molar-refractivity contribution in [3.63, 3.8) is 0 Å². The first-order valence-corrected chi connectivity index (χ1v) is 21.2. The summed E-state index contributed by atoms with van der Waals surface area (Å²) >= 11 is 0. The van der Waals surface area contributed by atoms with Gasteiger partial charge in [-0.1, -0.05) is 170 Å². The Bertz CT molecular complexity index is 3920. The molecule has 0 saturated heterocycles. The van der Waals surface area contributed by atoms with Gasteiger partial charge in [-0.15, -0.1) is 0 Å². The topological polar surface area (TPSA) is 35.6 Å². The van der Waals surface area contributed by atoms with Crippen molar-refractivity contribution in [2.24, 2.45) is 0 Å². The number of para-hydroxylation sites is 4. The van der Waals surface area contributed by atoms with E-state index in [2.05, 4.69) is 215 Å². The van der Waals surface area contributed by atoms with Crippen LogP contribution >= 0.6 is 0 Å². The van der Waals surface area contributed by atoms with E-state index in [4.69, 9.17) is 9.97 Å². The number of benzene rings is 10. The fourth-order valence-electron chi connectivity index (χ4n) is 10.0. The molecule has 4 heteroatoms. The molecule has 62 heavy (non-hydrogen) atoms. The summed E-state index contributed by atoms with van der Waals surface area (Å²) in [5, 5.41) is 10.8. The third-order valence-corrected chi connectivity index (χ3v) is 12.7. The number of rotatable bonds is 5. The maximum Gasteiger partial charge on any atom is 0.235 e. The van der Waals surface area contributed by atoms with Crippen molar-refractivity contribution in [1.29, 1.82) is 0 Å². The zero-order chi connectivity index (χ0) is 40.7. The van der Waals surface area contributed by atoms with Crippen LogP contribution in [-0.2, 0) is 0 Å². The van der Waals surface area contributed by atoms with E-state index in [0.717, 1.165) is 49.7 Å². The molecule has 3 aromatic heterocycles. The lowest BCUT2D eigenvalue weighted by atomic mass is 9.89. The highest BCUT2D eigenvalue weighted by atomic mass is 15.2. The van der Waals surface area contributed by atoms with Gasteiger partial charge in [0.1, 0.15) is 0 Å². The molecular weight excluding hydrogens is 753 g/mol. The van der Waals surface area contributed by atoms with Crippen LogP contribution in [0.1, 0.15) is 0 Å². The molecule has 0 N–H and O–H groups in total. The van der Waals surface area contributed by atoms with Gasteiger partial charge in [0, 0.05) is 43.6 Å². The average Bonchev–Trinajstić information content (AvgIpc) is 3.86. The standard InChI is InChI=1S/C58H36N4/c1-3-17-37(18-4-1)56-48-27-11-14-28-52(48)59-58(60-56)62-54-30-16-12-24-45(54)50-35-38(31-34-55(50)62)40-32-33-44(42-22-8-7-21-41(40)42)49-36-51-46-25-13-15-29-53(46)61(39-19-5-2-6-20-39)57(51)47-26-10-9-23-43(47)49/h1-36H. The molecule has 4 nitrogen and oxygen atoms in total. The normalized spacial score (nSPS) is 11.9. The van der Waals surface area contributed by atoms with Crippen LogP contribution in [0.4, 0.5) is 0 Å². The second kappa shape index (κ2) is 13.6. The van der Waals surface area contributed by atoms with Crippen molar-refractivity contribution >= 4 is 76.1 Å². The van der Waals surface area contributed by atoms with E-state index in [9.17, 15) is 0 Å². The van der Waals surface area contributed by atoms with Crippen LogP contribution in [0.15, 0.2) is 218 Å². The highest BCUT2D eigenvalue weighted by molar-refractivity contribution is 6.23. The Morgan fingerprint density at radius 2 is 0.823 bits per heavy atom. The van der Waals surface area contributed by atoms with E-state index >= 15 is 0 Å². The second-order valence-corrected chi connectivity index (χ2v) is 16.1. The zero-order valence-corrected chi connectivity index (χ0v) is 33.6. The molecular formula is C58H36N4. The average molecular weight is 789 g/mol. The molecule has 0 aliphatic heterocycles. The first-order valence-electron chi connectivity index (χ1n) is 21.2. The Hall–Kier alpha value is -8.34. The van der Waals surface area contributed by atoms with Crippen LogP contribution in [-0.4, -0.2) is 19.1 Å². The Morgan fingerprint density at radius 3 is 1.56 bits per heavy atom. The number of aromatic nitrogens is 4. The molecule has 288 valence electrons. The summed E-state index contributed by atoms with van der Waals surface area (Å²) in [4.78, 5) is 10.5. The SMILES string of the molecule is c1ccc(-c2nc(-n3c4ccccc4c4cc(-c5ccc(-c6cc7c8ccccc8n(-c8ccccc8)c7c7ccccc67)c6ccccc56)ccc43)nc3ccccc23)cc1. The molecule has 0 unspecified atom stereocenters. The van der Waals surface area contributed by atoms with Crippen LogP contribution in [0, 0.1) is 0 Å². The molecule has 3 heterocycles. The third kappa shape index (κ3) is 5.14. The highest BCUT2D eigenvalue weighted by Crippen LogP contribution is 2.45. The molecule has 0 spiro atoms. The smallest absolute Gasteiger partial charge is 0.235 e. The monoisotopic (exact) mass is 788 g/mol. The highest BCUT2D eigenvalue weighted by Gasteiger charge is 2.21. The molecule has 10 aromatic carbocycles. The maximum absolute atomic E-state index is 5.30. The zero-order valence-electron chi connectivity index (χ0n) is 33.6. The van der Waals surface area contributed by atoms with Crippen LogP contribution in [0.3, 0.4) is 0 Å². The Morgan fingerprint density at radius 1 is 0.290 bits per heavy atom. The summed E-state index contributed by atoms with van der Waals surface area (Å²) in [6, 6.07) is 78.6. The number of hydrogen-bond donors (Lipinski definition) is 0. The van der Waals surface area contributed by atoms with E-state index < -0.39 is 0 Å². The van der Waals surface area contributed by atoms with Gasteiger partial charge in [0.25, 0.3) is 0 Å². The predicted molar refractivity (Wildman–Crippen MR) is 260 cm³/mol. The van der Waals surface area contributed by atoms with Crippen molar-refractivity contribution in [2.45, 2.75) is 0 Å². The minimum atomic E-state index is 0.660. The molecule has 13 rings (SSSR count). The fraction of sp³-hybridized carbons (Fsp3) is 0. The Kier molecular flexibility index (Phi) is 7.57. The van der Waals surface area contributed by atoms with Gasteiger partial charge in [-0.25, -0.2) is 9.97 Å². The van der Waals surface area contributed by atoms with Crippen LogP contribution in [0.2, 0.25) is 0 Å². The quantitative estimate of drug-likeness (QED) is 0.174. The molecule has 0 aliphatic carbocycles. The van der Waals surface area contributed by atoms with Crippen molar-refractivity contribution < 1.29 is 0 Å². The van der Waals surface area contributed by atoms with Gasteiger partial charge >= 0.3 is 0 Å². The minimum absolute atomic E-state index is 0.660. The van der Waals surface area contributed by atoms with Crippen molar-refractivity contribution in [3.05, 3.63) is 218 Å². The van der Waals surface area contributed by atoms with Gasteiger partial charge in [-0.3, -0.25) is 4.57 Å². The van der Waals surface area contributed by atoms with Crippen LogP contribution in [0.25, 0.3) is 121 Å². The third-order valence-electron chi connectivity index (χ3n) is 12.7. The molecule has 0 aliphatic rings. The largest absolute Gasteiger partial charge is 0.309 e. The van der Waals surface area contributed by atoms with E-state index in [0.29, 0.717) is 5.95 Å². The number of hydrogen-bond acceptors (Lipinski definition) is 2. The van der Waals surface area contributed by atoms with Gasteiger partial charge in [-0.2, -0.15) is 0 Å². The summed E-state index contributed by atoms with van der Waals surface area (Å²) in [7, 11) is 0. The number of fused-ring (bicyclic) bond motifs is 10. The molecule has 0 amide bonds. The van der Waals surface area contributed by atoms with Crippen molar-refractivity contribution in [3.8, 4) is 45.1 Å². The van der Waals surface area contributed by atoms with Gasteiger partial charge < -0.3 is 4.57 Å². The molecule has 0 radical (unpaired) electrons. The Labute approximate surface area is 357 Å². The summed E-state index contributed by atoms with van der Waals surface area (Å²) in [6.45, 7) is 0. The molecule has 0 saturated carbocycles. The molecule has 0 fully saturated rings. The predicted octanol–water partition coefficient (Wildman–Crippen LogP) is 15.1. The van der Waals surface area contributed by atoms with Crippen LogP contribution in [0.5, 0.6) is 0 Å². The van der Waals surface area contributed by atoms with E-state index in [1.807, 2.05) is 12.1 Å². The van der Waals surface area contributed by atoms with E-state index in [-0.39, 0.29) is 0 Å². The number of nitrogens with zero attached hydrogens (tertiary/aromatic N) is 4. The maximum atomic E-state index is 5.30. The summed E-state index contributed by atoms with van der Waals surface area (Å²) < 4.78 is 4.66. The first-order chi connectivity index (χ1) is 30.8. The lowest BCUT2D eigenvalue weighted by molar-refractivity contribution is 1.01. The minimum Gasteiger partial charge on any atom is -0.309 e. The van der Waals surface area contributed by atoms with E-state index in [1.165, 1.54) is 65.6 Å². The van der Waals surface area contributed by atoms with E-state index in [1.54, 1.807) is 0 Å². The lowest BCUT2D eigenvalue weighted by Crippen LogP contribution is -2.03. The molecule has 13 aromatic rings. The van der Waals surface area contributed by atoms with Crippen LogP contribution < -0.4 is 0 Å². The van der Waals surface area contributed by atoms with Gasteiger partial charge in [0.15, 0.2) is 0 Å². The van der Waals surface area contributed by atoms with Gasteiger partial charge in [-0.05, 0) is 86.9 Å². The van der Waals surface area contributed by atoms with Gasteiger partial charge in [0.05, 0.1) is 33.3 Å². The summed E-state index contributed by atoms with van der Waals surface area (Å²) in [5.74, 6) is 0.660. The van der Waals surface area contributed by atoms with Crippen molar-refractivity contribution in [2.75, 3.05) is 0 Å². The molecule has 0 bridgehead atoms. The fourth-order valence-corrected chi connectivity index (χ4v) is 10.0. The second-order valence-electron chi connectivity index (χ2n) is 16.1. The van der Waals surface area contributed by atoms with Crippen molar-refractivity contribution in [1.82, 2.24) is 19.1 Å². The Balaban J connectivity index is 1.01.